The number of benzene rings is 2. The van der Waals surface area contributed by atoms with Gasteiger partial charge in [-0.1, -0.05) is 18.2 Å². The third kappa shape index (κ3) is 3.25. The molecule has 1 N–H and O–H groups in total. The maximum absolute atomic E-state index is 13.1. The zero-order valence-corrected chi connectivity index (χ0v) is 16.0. The van der Waals surface area contributed by atoms with E-state index in [0.717, 1.165) is 29.7 Å². The van der Waals surface area contributed by atoms with Crippen LogP contribution in [0.25, 0.3) is 10.9 Å². The van der Waals surface area contributed by atoms with Crippen LogP contribution in [0.1, 0.15) is 23.0 Å². The summed E-state index contributed by atoms with van der Waals surface area (Å²) in [5, 5.41) is 0.990. The van der Waals surface area contributed by atoms with Crippen molar-refractivity contribution >= 4 is 22.5 Å². The molecule has 1 aliphatic rings. The van der Waals surface area contributed by atoms with E-state index in [-0.39, 0.29) is 11.9 Å². The number of carbonyl (C=O) groups is 1. The lowest BCUT2D eigenvalue weighted by molar-refractivity contribution is 0.0669. The maximum Gasteiger partial charge on any atom is 0.270 e. The van der Waals surface area contributed by atoms with Crippen LogP contribution in [-0.4, -0.2) is 48.6 Å². The van der Waals surface area contributed by atoms with Crippen LogP contribution in [0.15, 0.2) is 48.5 Å². The molecule has 1 aliphatic heterocycles. The number of aromatic nitrogens is 1. The maximum atomic E-state index is 13.1. The molecule has 1 saturated heterocycles. The number of amides is 1. The van der Waals surface area contributed by atoms with Crippen LogP contribution in [0.4, 0.5) is 5.69 Å². The van der Waals surface area contributed by atoms with Crippen LogP contribution < -0.4 is 9.64 Å². The second kappa shape index (κ2) is 6.99. The number of nitrogens with zero attached hydrogens (tertiary/aromatic N) is 2. The Balaban J connectivity index is 1.52. The lowest BCUT2D eigenvalue weighted by Crippen LogP contribution is -2.54. The average Bonchev–Trinajstić information content (AvgIpc) is 3.11. The Morgan fingerprint density at radius 1 is 1.15 bits per heavy atom. The number of aryl methyl sites for hydroxylation is 1. The first-order valence-corrected chi connectivity index (χ1v) is 9.35. The number of hydrogen-bond donors (Lipinski definition) is 1. The highest BCUT2D eigenvalue weighted by molar-refractivity contribution is 5.98. The molecule has 1 amide bonds. The van der Waals surface area contributed by atoms with Crippen molar-refractivity contribution in [2.75, 3.05) is 31.6 Å². The summed E-state index contributed by atoms with van der Waals surface area (Å²) in [5.74, 6) is 0.850. The summed E-state index contributed by atoms with van der Waals surface area (Å²) in [4.78, 5) is 20.7. The summed E-state index contributed by atoms with van der Waals surface area (Å²) in [6.07, 6.45) is 0. The minimum Gasteiger partial charge on any atom is -0.497 e. The van der Waals surface area contributed by atoms with E-state index in [4.69, 9.17) is 4.74 Å². The minimum absolute atomic E-state index is 0.0575. The van der Waals surface area contributed by atoms with E-state index >= 15 is 0 Å². The van der Waals surface area contributed by atoms with Gasteiger partial charge in [0.1, 0.15) is 11.4 Å². The topological polar surface area (TPSA) is 48.6 Å². The molecule has 1 fully saturated rings. The number of piperazine rings is 1. The van der Waals surface area contributed by atoms with Crippen LogP contribution in [-0.2, 0) is 0 Å². The predicted octanol–water partition coefficient (Wildman–Crippen LogP) is 3.84. The number of rotatable bonds is 3. The first-order chi connectivity index (χ1) is 13.1. The standard InChI is InChI=1S/C22H25N3O2/c1-15-6-4-5-7-21(15)24-10-11-25(16(2)14-24)22(26)20-13-17-12-18(27-3)8-9-19(17)23-20/h4-9,12-13,16,23H,10-11,14H2,1-3H3/t16-/m0/s1. The first-order valence-electron chi connectivity index (χ1n) is 9.35. The Morgan fingerprint density at radius 2 is 1.96 bits per heavy atom. The molecule has 2 aromatic carbocycles. The Kier molecular flexibility index (Phi) is 4.52. The normalized spacial score (nSPS) is 17.4. The van der Waals surface area contributed by atoms with Gasteiger partial charge in [-0.15, -0.1) is 0 Å². The minimum atomic E-state index is 0.0575. The average molecular weight is 363 g/mol. The van der Waals surface area contributed by atoms with Gasteiger partial charge in [-0.2, -0.15) is 0 Å². The molecule has 140 valence electrons. The molecule has 5 nitrogen and oxygen atoms in total. The molecule has 5 heteroatoms. The number of ether oxygens (including phenoxy) is 1. The number of H-pyrrole nitrogens is 1. The van der Waals surface area contributed by atoms with E-state index < -0.39 is 0 Å². The molecular formula is C22H25N3O2. The summed E-state index contributed by atoms with van der Waals surface area (Å²) in [6, 6.07) is 16.3. The summed E-state index contributed by atoms with van der Waals surface area (Å²) < 4.78 is 5.27. The van der Waals surface area contributed by atoms with E-state index in [9.17, 15) is 4.79 Å². The molecule has 0 spiro atoms. The van der Waals surface area contributed by atoms with Gasteiger partial charge < -0.3 is 19.5 Å². The second-order valence-electron chi connectivity index (χ2n) is 7.22. The highest BCUT2D eigenvalue weighted by Crippen LogP contribution is 2.25. The molecule has 0 unspecified atom stereocenters. The summed E-state index contributed by atoms with van der Waals surface area (Å²) >= 11 is 0. The molecule has 27 heavy (non-hydrogen) atoms. The number of fused-ring (bicyclic) bond motifs is 1. The van der Waals surface area contributed by atoms with E-state index in [1.54, 1.807) is 7.11 Å². The van der Waals surface area contributed by atoms with Gasteiger partial charge in [0.25, 0.3) is 5.91 Å². The fourth-order valence-corrected chi connectivity index (χ4v) is 3.90. The Hall–Kier alpha value is -2.95. The van der Waals surface area contributed by atoms with Crippen LogP contribution >= 0.6 is 0 Å². The van der Waals surface area contributed by atoms with Gasteiger partial charge in [-0.25, -0.2) is 0 Å². The van der Waals surface area contributed by atoms with Crippen molar-refractivity contribution < 1.29 is 9.53 Å². The third-order valence-electron chi connectivity index (χ3n) is 5.40. The molecule has 1 aromatic heterocycles. The van der Waals surface area contributed by atoms with Gasteiger partial charge in [0, 0.05) is 42.3 Å². The summed E-state index contributed by atoms with van der Waals surface area (Å²) in [5.41, 5.74) is 4.11. The fraction of sp³-hybridized carbons (Fsp3) is 0.318. The lowest BCUT2D eigenvalue weighted by atomic mass is 10.1. The third-order valence-corrected chi connectivity index (χ3v) is 5.40. The first kappa shape index (κ1) is 17.5. The highest BCUT2D eigenvalue weighted by Gasteiger charge is 2.29. The molecule has 0 aliphatic carbocycles. The molecular weight excluding hydrogens is 338 g/mol. The molecule has 0 radical (unpaired) electrons. The molecule has 2 heterocycles. The van der Waals surface area contributed by atoms with Gasteiger partial charge in [0.05, 0.1) is 7.11 Å². The van der Waals surface area contributed by atoms with Crippen LogP contribution in [0.3, 0.4) is 0 Å². The quantitative estimate of drug-likeness (QED) is 0.769. The molecule has 0 saturated carbocycles. The number of hydrogen-bond acceptors (Lipinski definition) is 3. The van der Waals surface area contributed by atoms with Gasteiger partial charge in [0.2, 0.25) is 0 Å². The summed E-state index contributed by atoms with van der Waals surface area (Å²) in [7, 11) is 1.65. The monoisotopic (exact) mass is 363 g/mol. The summed E-state index contributed by atoms with van der Waals surface area (Å²) in [6.45, 7) is 6.65. The highest BCUT2D eigenvalue weighted by atomic mass is 16.5. The van der Waals surface area contributed by atoms with Gasteiger partial charge >= 0.3 is 0 Å². The zero-order chi connectivity index (χ0) is 19.0. The van der Waals surface area contributed by atoms with Crippen LogP contribution in [0.2, 0.25) is 0 Å². The Labute approximate surface area is 159 Å². The van der Waals surface area contributed by atoms with Crippen molar-refractivity contribution in [3.63, 3.8) is 0 Å². The molecule has 3 aromatic rings. The predicted molar refractivity (Wildman–Crippen MR) is 109 cm³/mol. The van der Waals surface area contributed by atoms with Crippen molar-refractivity contribution in [1.82, 2.24) is 9.88 Å². The molecule has 4 rings (SSSR count). The largest absolute Gasteiger partial charge is 0.497 e. The molecule has 1 atom stereocenters. The number of carbonyl (C=O) groups excluding carboxylic acids is 1. The van der Waals surface area contributed by atoms with Gasteiger partial charge in [-0.05, 0) is 49.7 Å². The van der Waals surface area contributed by atoms with E-state index in [1.165, 1.54) is 11.3 Å². The number of para-hydroxylation sites is 1. The second-order valence-corrected chi connectivity index (χ2v) is 7.22. The number of aromatic amines is 1. The number of nitrogens with one attached hydrogen (secondary N) is 1. The van der Waals surface area contributed by atoms with Gasteiger partial charge in [-0.3, -0.25) is 4.79 Å². The van der Waals surface area contributed by atoms with Crippen LogP contribution in [0, 0.1) is 6.92 Å². The zero-order valence-electron chi connectivity index (χ0n) is 16.0. The fourth-order valence-electron chi connectivity index (χ4n) is 3.90. The van der Waals surface area contributed by atoms with E-state index in [1.807, 2.05) is 29.2 Å². The van der Waals surface area contributed by atoms with Crippen LogP contribution in [0.5, 0.6) is 5.75 Å². The van der Waals surface area contributed by atoms with Gasteiger partial charge in [0.15, 0.2) is 0 Å². The smallest absolute Gasteiger partial charge is 0.270 e. The van der Waals surface area contributed by atoms with E-state index in [2.05, 4.69) is 48.0 Å². The van der Waals surface area contributed by atoms with Crippen molar-refractivity contribution in [2.24, 2.45) is 0 Å². The lowest BCUT2D eigenvalue weighted by Gasteiger charge is -2.41. The van der Waals surface area contributed by atoms with Crippen molar-refractivity contribution in [3.8, 4) is 5.75 Å². The SMILES string of the molecule is COc1ccc2[nH]c(C(=O)N3CCN(c4ccccc4C)C[C@@H]3C)cc2c1. The van der Waals surface area contributed by atoms with E-state index in [0.29, 0.717) is 12.2 Å². The number of methoxy groups -OCH3 is 1. The Morgan fingerprint density at radius 3 is 2.70 bits per heavy atom. The van der Waals surface area contributed by atoms with Crippen molar-refractivity contribution in [2.45, 2.75) is 19.9 Å². The van der Waals surface area contributed by atoms with Crippen molar-refractivity contribution in [1.29, 1.82) is 0 Å². The number of anilines is 1. The molecule has 0 bridgehead atoms. The van der Waals surface area contributed by atoms with Crippen molar-refractivity contribution in [3.05, 3.63) is 59.8 Å². The Bertz CT molecular complexity index is 979.